The number of hydrogen-bond acceptors (Lipinski definition) is 4. The maximum Gasteiger partial charge on any atom is 0.266 e. The summed E-state index contributed by atoms with van der Waals surface area (Å²) in [4.78, 5) is 33.6. The maximum absolute atomic E-state index is 13.5. The summed E-state index contributed by atoms with van der Waals surface area (Å²) in [6.07, 6.45) is 1.79. The number of thioether (sulfide) groups is 1. The van der Waals surface area contributed by atoms with Gasteiger partial charge in [-0.2, -0.15) is 0 Å². The van der Waals surface area contributed by atoms with E-state index in [1.165, 1.54) is 28.5 Å². The Morgan fingerprint density at radius 1 is 1.00 bits per heavy atom. The molecule has 0 N–H and O–H groups in total. The van der Waals surface area contributed by atoms with Gasteiger partial charge < -0.3 is 4.90 Å². The smallest absolute Gasteiger partial charge is 0.266 e. The van der Waals surface area contributed by atoms with Crippen molar-refractivity contribution in [1.29, 1.82) is 0 Å². The molecule has 1 aromatic heterocycles. The molecule has 0 saturated heterocycles. The minimum absolute atomic E-state index is 0.0646. The molecule has 0 aliphatic carbocycles. The lowest BCUT2D eigenvalue weighted by Gasteiger charge is -2.30. The fourth-order valence-electron chi connectivity index (χ4n) is 4.45. The number of fused-ring (bicyclic) bond motifs is 2. The zero-order valence-corrected chi connectivity index (χ0v) is 20.2. The number of aromatic nitrogens is 2. The van der Waals surface area contributed by atoms with Crippen LogP contribution in [0.25, 0.3) is 16.6 Å². The fraction of sp³-hybridized carbons (Fsp3) is 0.250. The molecular weight excluding hydrogens is 442 g/mol. The molecule has 0 saturated carbocycles. The Balaban J connectivity index is 1.49. The molecule has 4 aromatic rings. The van der Waals surface area contributed by atoms with Gasteiger partial charge in [-0.1, -0.05) is 67.2 Å². The van der Waals surface area contributed by atoms with Crippen molar-refractivity contribution in [2.24, 2.45) is 0 Å². The highest BCUT2D eigenvalue weighted by Gasteiger charge is 2.27. The second-order valence-electron chi connectivity index (χ2n) is 8.61. The van der Waals surface area contributed by atoms with Gasteiger partial charge in [0.25, 0.3) is 5.56 Å². The highest BCUT2D eigenvalue weighted by Crippen LogP contribution is 2.28. The Hall–Kier alpha value is -3.38. The topological polar surface area (TPSA) is 55.2 Å². The largest absolute Gasteiger partial charge is 0.337 e. The summed E-state index contributed by atoms with van der Waals surface area (Å²) in [5, 5.41) is 0.726. The van der Waals surface area contributed by atoms with Gasteiger partial charge in [0.2, 0.25) is 5.91 Å². The average Bonchev–Trinajstić information content (AvgIpc) is 2.88. The van der Waals surface area contributed by atoms with Gasteiger partial charge in [0.05, 0.1) is 21.8 Å². The van der Waals surface area contributed by atoms with Gasteiger partial charge in [0.1, 0.15) is 0 Å². The summed E-state index contributed by atoms with van der Waals surface area (Å²) in [6, 6.07) is 23.6. The van der Waals surface area contributed by atoms with E-state index < -0.39 is 0 Å². The van der Waals surface area contributed by atoms with Crippen molar-refractivity contribution >= 4 is 28.6 Å². The van der Waals surface area contributed by atoms with E-state index in [9.17, 15) is 9.59 Å². The second kappa shape index (κ2) is 9.47. The van der Waals surface area contributed by atoms with E-state index in [1.54, 1.807) is 10.6 Å². The zero-order valence-electron chi connectivity index (χ0n) is 19.4. The van der Waals surface area contributed by atoms with Crippen LogP contribution in [0.4, 0.5) is 0 Å². The maximum atomic E-state index is 13.5. The first-order valence-electron chi connectivity index (χ1n) is 11.7. The van der Waals surface area contributed by atoms with E-state index >= 15 is 0 Å². The van der Waals surface area contributed by atoms with Crippen molar-refractivity contribution in [1.82, 2.24) is 14.5 Å². The quantitative estimate of drug-likeness (QED) is 0.304. The fourth-order valence-corrected chi connectivity index (χ4v) is 5.46. The van der Waals surface area contributed by atoms with Gasteiger partial charge >= 0.3 is 0 Å². The Labute approximate surface area is 203 Å². The summed E-state index contributed by atoms with van der Waals surface area (Å²) in [6.45, 7) is 5.33. The normalized spacial score (nSPS) is 14.1. The van der Waals surface area contributed by atoms with Crippen LogP contribution in [0.15, 0.2) is 82.7 Å². The molecule has 3 aromatic carbocycles. The molecule has 0 bridgehead atoms. The molecule has 1 aliphatic rings. The number of hydrogen-bond donors (Lipinski definition) is 0. The Bertz CT molecular complexity index is 1410. The van der Waals surface area contributed by atoms with Crippen LogP contribution >= 0.6 is 11.8 Å². The molecule has 172 valence electrons. The molecule has 0 radical (unpaired) electrons. The zero-order chi connectivity index (χ0) is 23.7. The van der Waals surface area contributed by atoms with Crippen LogP contribution in [0.1, 0.15) is 30.5 Å². The first-order chi connectivity index (χ1) is 16.5. The van der Waals surface area contributed by atoms with Crippen LogP contribution in [0, 0.1) is 0 Å². The third-order valence-electron chi connectivity index (χ3n) is 6.42. The lowest BCUT2D eigenvalue weighted by molar-refractivity contribution is -0.131. The molecule has 6 heteroatoms. The summed E-state index contributed by atoms with van der Waals surface area (Å²) in [5.41, 5.74) is 5.00. The number of rotatable bonds is 5. The van der Waals surface area contributed by atoms with Crippen molar-refractivity contribution in [2.75, 3.05) is 6.54 Å². The van der Waals surface area contributed by atoms with E-state index in [2.05, 4.69) is 19.1 Å². The molecule has 2 heterocycles. The number of carbonyl (C=O) groups excluding carboxylic acids is 1. The van der Waals surface area contributed by atoms with Crippen LogP contribution in [0.5, 0.6) is 0 Å². The SMILES string of the molecule is CCc1ccc(-n2c(SC(C)C(=O)N3CCc4ccccc4C3)nc3ccccc3c2=O)cc1. The van der Waals surface area contributed by atoms with Crippen LogP contribution in [0.3, 0.4) is 0 Å². The van der Waals surface area contributed by atoms with Crippen LogP contribution in [-0.2, 0) is 24.2 Å². The molecule has 1 unspecified atom stereocenters. The van der Waals surface area contributed by atoms with Crippen LogP contribution in [-0.4, -0.2) is 32.2 Å². The molecule has 5 rings (SSSR count). The molecule has 1 atom stereocenters. The predicted octanol–water partition coefficient (Wildman–Crippen LogP) is 5.01. The minimum atomic E-state index is -0.375. The highest BCUT2D eigenvalue weighted by molar-refractivity contribution is 8.00. The number of benzene rings is 3. The Morgan fingerprint density at radius 2 is 1.71 bits per heavy atom. The second-order valence-corrected chi connectivity index (χ2v) is 9.92. The van der Waals surface area contributed by atoms with Crippen molar-refractivity contribution in [3.8, 4) is 5.69 Å². The summed E-state index contributed by atoms with van der Waals surface area (Å²) in [5.74, 6) is 0.0646. The first-order valence-corrected chi connectivity index (χ1v) is 12.6. The van der Waals surface area contributed by atoms with Crippen molar-refractivity contribution in [2.45, 2.75) is 43.6 Å². The van der Waals surface area contributed by atoms with Crippen molar-refractivity contribution < 1.29 is 4.79 Å². The number of carbonyl (C=O) groups is 1. The number of para-hydroxylation sites is 1. The summed E-state index contributed by atoms with van der Waals surface area (Å²) < 4.78 is 1.64. The molecule has 0 spiro atoms. The monoisotopic (exact) mass is 469 g/mol. The number of aryl methyl sites for hydroxylation is 1. The number of nitrogens with zero attached hydrogens (tertiary/aromatic N) is 3. The van der Waals surface area contributed by atoms with E-state index in [0.717, 1.165) is 18.5 Å². The Morgan fingerprint density at radius 3 is 2.47 bits per heavy atom. The molecule has 5 nitrogen and oxygen atoms in total. The van der Waals surface area contributed by atoms with E-state index in [1.807, 2.05) is 66.4 Å². The van der Waals surface area contributed by atoms with Crippen LogP contribution in [0.2, 0.25) is 0 Å². The molecular formula is C28H27N3O2S. The lowest BCUT2D eigenvalue weighted by atomic mass is 10.00. The predicted molar refractivity (Wildman–Crippen MR) is 138 cm³/mol. The number of amides is 1. The van der Waals surface area contributed by atoms with Crippen molar-refractivity contribution in [3.63, 3.8) is 0 Å². The van der Waals surface area contributed by atoms with Gasteiger partial charge in [-0.15, -0.1) is 0 Å². The molecule has 34 heavy (non-hydrogen) atoms. The lowest BCUT2D eigenvalue weighted by Crippen LogP contribution is -2.40. The molecule has 1 amide bonds. The Kier molecular flexibility index (Phi) is 6.24. The average molecular weight is 470 g/mol. The van der Waals surface area contributed by atoms with Gasteiger partial charge in [-0.25, -0.2) is 4.98 Å². The minimum Gasteiger partial charge on any atom is -0.337 e. The highest BCUT2D eigenvalue weighted by atomic mass is 32.2. The summed E-state index contributed by atoms with van der Waals surface area (Å²) >= 11 is 1.35. The van der Waals surface area contributed by atoms with Gasteiger partial charge in [0.15, 0.2) is 5.16 Å². The third kappa shape index (κ3) is 4.26. The van der Waals surface area contributed by atoms with E-state index in [4.69, 9.17) is 4.98 Å². The first kappa shape index (κ1) is 22.4. The third-order valence-corrected chi connectivity index (χ3v) is 7.46. The van der Waals surface area contributed by atoms with Crippen LogP contribution < -0.4 is 5.56 Å². The van der Waals surface area contributed by atoms with E-state index in [0.29, 0.717) is 29.1 Å². The van der Waals surface area contributed by atoms with Gasteiger partial charge in [0, 0.05) is 13.1 Å². The molecule has 1 aliphatic heterocycles. The van der Waals surface area contributed by atoms with Gasteiger partial charge in [-0.3, -0.25) is 14.2 Å². The van der Waals surface area contributed by atoms with E-state index in [-0.39, 0.29) is 16.7 Å². The van der Waals surface area contributed by atoms with Gasteiger partial charge in [-0.05, 0) is 60.7 Å². The summed E-state index contributed by atoms with van der Waals surface area (Å²) in [7, 11) is 0. The molecule has 0 fully saturated rings. The standard InChI is InChI=1S/C28H27N3O2S/c1-3-20-12-14-23(15-13-20)31-27(33)24-10-6-7-11-25(24)29-28(31)34-19(2)26(32)30-17-16-21-8-4-5-9-22(21)18-30/h4-15,19H,3,16-18H2,1-2H3. The van der Waals surface area contributed by atoms with Crippen molar-refractivity contribution in [3.05, 3.63) is 99.8 Å².